The third-order valence-corrected chi connectivity index (χ3v) is 6.91. The van der Waals surface area contributed by atoms with Crippen LogP contribution in [0, 0.1) is 5.92 Å². The van der Waals surface area contributed by atoms with E-state index in [2.05, 4.69) is 10.3 Å². The summed E-state index contributed by atoms with van der Waals surface area (Å²) in [5.74, 6) is -0.365. The second-order valence-electron chi connectivity index (χ2n) is 6.94. The number of aryl methyl sites for hydroxylation is 2. The van der Waals surface area contributed by atoms with Crippen molar-refractivity contribution < 1.29 is 22.7 Å². The summed E-state index contributed by atoms with van der Waals surface area (Å²) < 4.78 is 36.2. The highest BCUT2D eigenvalue weighted by atomic mass is 32.2. The predicted octanol–water partition coefficient (Wildman–Crippen LogP) is 0.215. The fourth-order valence-electron chi connectivity index (χ4n) is 3.36. The van der Waals surface area contributed by atoms with Gasteiger partial charge in [-0.3, -0.25) is 4.79 Å². The van der Waals surface area contributed by atoms with Crippen LogP contribution < -0.4 is 10.1 Å². The standard InChI is InChI=1S/C17H25N3O5S/c1-20(2)26(22,23)10-12-8-25-9-15(12)18-16(21)13-7-11-5-4-6-14(11)19-17(13)24-3/h7,12,15H,4-6,8-10H2,1-3H3,(H,18,21)/t12-,15-/m0/s1. The maximum Gasteiger partial charge on any atom is 0.257 e. The number of nitrogens with one attached hydrogen (secondary N) is 1. The summed E-state index contributed by atoms with van der Waals surface area (Å²) in [5.41, 5.74) is 2.44. The first-order valence-electron chi connectivity index (χ1n) is 8.67. The summed E-state index contributed by atoms with van der Waals surface area (Å²) in [6, 6.07) is 1.47. The van der Waals surface area contributed by atoms with Gasteiger partial charge in [0, 0.05) is 25.7 Å². The molecular weight excluding hydrogens is 358 g/mol. The van der Waals surface area contributed by atoms with Crippen molar-refractivity contribution in [2.45, 2.75) is 25.3 Å². The van der Waals surface area contributed by atoms with Crippen molar-refractivity contribution in [2.24, 2.45) is 5.92 Å². The zero-order valence-corrected chi connectivity index (χ0v) is 16.1. The average Bonchev–Trinajstić information content (AvgIpc) is 3.22. The lowest BCUT2D eigenvalue weighted by Gasteiger charge is -2.21. The Morgan fingerprint density at radius 2 is 2.15 bits per heavy atom. The Morgan fingerprint density at radius 1 is 1.38 bits per heavy atom. The van der Waals surface area contributed by atoms with Crippen molar-refractivity contribution in [3.05, 3.63) is 22.9 Å². The number of rotatable bonds is 6. The number of amides is 1. The molecule has 144 valence electrons. The van der Waals surface area contributed by atoms with Crippen LogP contribution in [-0.4, -0.2) is 69.8 Å². The highest BCUT2D eigenvalue weighted by Crippen LogP contribution is 2.27. The van der Waals surface area contributed by atoms with E-state index in [-0.39, 0.29) is 23.6 Å². The lowest BCUT2D eigenvalue weighted by molar-refractivity contribution is 0.0922. The zero-order chi connectivity index (χ0) is 18.9. The van der Waals surface area contributed by atoms with Crippen LogP contribution in [0.2, 0.25) is 0 Å². The molecule has 1 N–H and O–H groups in total. The maximum absolute atomic E-state index is 12.8. The summed E-state index contributed by atoms with van der Waals surface area (Å²) in [7, 11) is 1.12. The molecule has 1 aromatic heterocycles. The van der Waals surface area contributed by atoms with Crippen LogP contribution >= 0.6 is 0 Å². The molecule has 1 aliphatic carbocycles. The largest absolute Gasteiger partial charge is 0.480 e. The predicted molar refractivity (Wildman–Crippen MR) is 95.9 cm³/mol. The van der Waals surface area contributed by atoms with Gasteiger partial charge in [0.25, 0.3) is 5.91 Å². The van der Waals surface area contributed by atoms with E-state index in [1.165, 1.54) is 25.5 Å². The van der Waals surface area contributed by atoms with E-state index in [1.807, 2.05) is 6.07 Å². The van der Waals surface area contributed by atoms with E-state index >= 15 is 0 Å². The van der Waals surface area contributed by atoms with Gasteiger partial charge in [-0.05, 0) is 30.9 Å². The summed E-state index contributed by atoms with van der Waals surface area (Å²) in [6.07, 6.45) is 2.83. The van der Waals surface area contributed by atoms with Gasteiger partial charge >= 0.3 is 0 Å². The molecule has 0 spiro atoms. The van der Waals surface area contributed by atoms with Crippen LogP contribution in [-0.2, 0) is 27.6 Å². The molecule has 2 atom stereocenters. The van der Waals surface area contributed by atoms with Crippen molar-refractivity contribution in [1.29, 1.82) is 0 Å². The number of fused-ring (bicyclic) bond motifs is 1. The maximum atomic E-state index is 12.8. The number of carbonyl (C=O) groups excluding carboxylic acids is 1. The molecule has 0 bridgehead atoms. The molecule has 2 aliphatic rings. The van der Waals surface area contributed by atoms with Gasteiger partial charge in [-0.25, -0.2) is 17.7 Å². The summed E-state index contributed by atoms with van der Waals surface area (Å²) in [4.78, 5) is 17.2. The highest BCUT2D eigenvalue weighted by Gasteiger charge is 2.35. The molecule has 9 heteroatoms. The van der Waals surface area contributed by atoms with Gasteiger partial charge in [0.1, 0.15) is 5.56 Å². The molecule has 26 heavy (non-hydrogen) atoms. The lowest BCUT2D eigenvalue weighted by atomic mass is 10.1. The number of nitrogens with zero attached hydrogens (tertiary/aromatic N) is 2. The van der Waals surface area contributed by atoms with Crippen molar-refractivity contribution in [1.82, 2.24) is 14.6 Å². The van der Waals surface area contributed by atoms with Crippen molar-refractivity contribution >= 4 is 15.9 Å². The Morgan fingerprint density at radius 3 is 2.85 bits per heavy atom. The first-order valence-corrected chi connectivity index (χ1v) is 10.3. The van der Waals surface area contributed by atoms with Crippen LogP contribution in [0.4, 0.5) is 0 Å². The fourth-order valence-corrected chi connectivity index (χ4v) is 4.53. The molecule has 1 aliphatic heterocycles. The van der Waals surface area contributed by atoms with Crippen LogP contribution in [0.3, 0.4) is 0 Å². The van der Waals surface area contributed by atoms with Crippen molar-refractivity contribution in [3.63, 3.8) is 0 Å². The number of carbonyl (C=O) groups is 1. The molecule has 0 unspecified atom stereocenters. The zero-order valence-electron chi connectivity index (χ0n) is 15.3. The average molecular weight is 383 g/mol. The fraction of sp³-hybridized carbons (Fsp3) is 0.647. The third kappa shape index (κ3) is 3.84. The number of aromatic nitrogens is 1. The first kappa shape index (κ1) is 19.1. The Bertz CT molecular complexity index is 794. The normalized spacial score (nSPS) is 22.5. The monoisotopic (exact) mass is 383 g/mol. The van der Waals surface area contributed by atoms with Crippen LogP contribution in [0.25, 0.3) is 0 Å². The Balaban J connectivity index is 1.75. The molecule has 0 radical (unpaired) electrons. The molecule has 1 aromatic rings. The second kappa shape index (κ2) is 7.50. The minimum absolute atomic E-state index is 0.0650. The summed E-state index contributed by atoms with van der Waals surface area (Å²) >= 11 is 0. The minimum atomic E-state index is -3.37. The molecule has 1 saturated heterocycles. The smallest absolute Gasteiger partial charge is 0.257 e. The first-order chi connectivity index (χ1) is 12.3. The van der Waals surface area contributed by atoms with E-state index < -0.39 is 10.0 Å². The number of hydrogen-bond donors (Lipinski definition) is 1. The Kier molecular flexibility index (Phi) is 5.50. The van der Waals surface area contributed by atoms with Gasteiger partial charge in [0.05, 0.1) is 32.1 Å². The molecular formula is C17H25N3O5S. The van der Waals surface area contributed by atoms with E-state index in [0.717, 1.165) is 30.5 Å². The quantitative estimate of drug-likeness (QED) is 0.754. The number of methoxy groups -OCH3 is 1. The molecule has 0 saturated carbocycles. The number of ether oxygens (including phenoxy) is 2. The molecule has 0 aromatic carbocycles. The van der Waals surface area contributed by atoms with Gasteiger partial charge < -0.3 is 14.8 Å². The van der Waals surface area contributed by atoms with E-state index in [4.69, 9.17) is 9.47 Å². The van der Waals surface area contributed by atoms with Crippen LogP contribution in [0.5, 0.6) is 5.88 Å². The van der Waals surface area contributed by atoms with Gasteiger partial charge in [-0.1, -0.05) is 0 Å². The van der Waals surface area contributed by atoms with Gasteiger partial charge in [-0.2, -0.15) is 0 Å². The van der Waals surface area contributed by atoms with Gasteiger partial charge in [0.15, 0.2) is 0 Å². The highest BCUT2D eigenvalue weighted by molar-refractivity contribution is 7.89. The van der Waals surface area contributed by atoms with Crippen molar-refractivity contribution in [3.8, 4) is 5.88 Å². The number of hydrogen-bond acceptors (Lipinski definition) is 6. The Hall–Kier alpha value is -1.71. The molecule has 8 nitrogen and oxygen atoms in total. The second-order valence-corrected chi connectivity index (χ2v) is 9.17. The van der Waals surface area contributed by atoms with Crippen LogP contribution in [0.1, 0.15) is 28.0 Å². The van der Waals surface area contributed by atoms with Crippen molar-refractivity contribution in [2.75, 3.05) is 40.2 Å². The Labute approximate surface area is 153 Å². The van der Waals surface area contributed by atoms with E-state index in [0.29, 0.717) is 24.7 Å². The lowest BCUT2D eigenvalue weighted by Crippen LogP contribution is -2.43. The van der Waals surface area contributed by atoms with E-state index in [9.17, 15) is 13.2 Å². The van der Waals surface area contributed by atoms with Gasteiger partial charge in [-0.15, -0.1) is 0 Å². The summed E-state index contributed by atoms with van der Waals surface area (Å²) in [5, 5.41) is 2.91. The topological polar surface area (TPSA) is 97.8 Å². The molecule has 3 rings (SSSR count). The number of sulfonamides is 1. The van der Waals surface area contributed by atoms with Crippen LogP contribution in [0.15, 0.2) is 6.07 Å². The SMILES string of the molecule is COc1nc2c(cc1C(=O)N[C@H]1COC[C@H]1CS(=O)(=O)N(C)C)CCC2. The molecule has 1 fully saturated rings. The molecule has 1 amide bonds. The third-order valence-electron chi connectivity index (χ3n) is 4.95. The molecule has 2 heterocycles. The number of pyridine rings is 1. The van der Waals surface area contributed by atoms with E-state index in [1.54, 1.807) is 0 Å². The van der Waals surface area contributed by atoms with Gasteiger partial charge in [0.2, 0.25) is 15.9 Å². The minimum Gasteiger partial charge on any atom is -0.480 e. The summed E-state index contributed by atoms with van der Waals surface area (Å²) in [6.45, 7) is 0.595.